The Kier molecular flexibility index (Phi) is 5.12. The lowest BCUT2D eigenvalue weighted by molar-refractivity contribution is 0.0948. The van der Waals surface area contributed by atoms with Crippen LogP contribution in [0.25, 0.3) is 0 Å². The first-order valence-electron chi connectivity index (χ1n) is 6.80. The molecule has 1 rings (SSSR count). The van der Waals surface area contributed by atoms with Gasteiger partial charge in [0.25, 0.3) is 5.91 Å². The lowest BCUT2D eigenvalue weighted by atomic mass is 9.88. The van der Waals surface area contributed by atoms with Gasteiger partial charge in [0.1, 0.15) is 0 Å². The van der Waals surface area contributed by atoms with Crippen molar-refractivity contribution < 1.29 is 4.79 Å². The van der Waals surface area contributed by atoms with Crippen LogP contribution in [0.15, 0.2) is 18.2 Å². The van der Waals surface area contributed by atoms with Crippen LogP contribution >= 0.6 is 0 Å². The third kappa shape index (κ3) is 5.43. The Morgan fingerprint density at radius 3 is 2.47 bits per heavy atom. The smallest absolute Gasteiger partial charge is 0.251 e. The Bertz CT molecular complexity index is 447. The van der Waals surface area contributed by atoms with E-state index < -0.39 is 0 Å². The number of carbonyl (C=O) groups is 1. The predicted octanol–water partition coefficient (Wildman–Crippen LogP) is 2.80. The van der Waals surface area contributed by atoms with Gasteiger partial charge < -0.3 is 11.1 Å². The van der Waals surface area contributed by atoms with Crippen LogP contribution in [0.5, 0.6) is 0 Å². The van der Waals surface area contributed by atoms with Crippen molar-refractivity contribution in [2.75, 3.05) is 6.54 Å². The highest BCUT2D eigenvalue weighted by atomic mass is 16.1. The molecule has 1 aromatic carbocycles. The van der Waals surface area contributed by atoms with Crippen molar-refractivity contribution in [3.8, 4) is 0 Å². The lowest BCUT2D eigenvalue weighted by Gasteiger charge is -2.23. The molecule has 1 unspecified atom stereocenters. The van der Waals surface area contributed by atoms with E-state index in [0.717, 1.165) is 17.5 Å². The first-order chi connectivity index (χ1) is 8.69. The molecule has 0 aliphatic heterocycles. The Morgan fingerprint density at radius 1 is 1.32 bits per heavy atom. The number of hydrogen-bond acceptors (Lipinski definition) is 2. The van der Waals surface area contributed by atoms with E-state index in [-0.39, 0.29) is 17.4 Å². The number of benzene rings is 1. The third-order valence-electron chi connectivity index (χ3n) is 3.03. The first-order valence-corrected chi connectivity index (χ1v) is 6.80. The van der Waals surface area contributed by atoms with Crippen molar-refractivity contribution in [1.82, 2.24) is 5.32 Å². The first kappa shape index (κ1) is 15.7. The van der Waals surface area contributed by atoms with E-state index in [1.807, 2.05) is 32.0 Å². The molecule has 1 amide bonds. The summed E-state index contributed by atoms with van der Waals surface area (Å²) in [5.41, 5.74) is 9.12. The van der Waals surface area contributed by atoms with Gasteiger partial charge in [-0.15, -0.1) is 0 Å². The summed E-state index contributed by atoms with van der Waals surface area (Å²) in [6, 6.07) is 5.84. The Morgan fingerprint density at radius 2 is 1.95 bits per heavy atom. The molecule has 0 saturated carbocycles. The van der Waals surface area contributed by atoms with Gasteiger partial charge in [-0.2, -0.15) is 0 Å². The Labute approximate surface area is 116 Å². The van der Waals surface area contributed by atoms with Crippen LogP contribution in [0.2, 0.25) is 0 Å². The van der Waals surface area contributed by atoms with E-state index in [0.29, 0.717) is 6.54 Å². The molecule has 106 valence electrons. The van der Waals surface area contributed by atoms with E-state index >= 15 is 0 Å². The second-order valence-electron chi connectivity index (χ2n) is 6.55. The highest BCUT2D eigenvalue weighted by molar-refractivity contribution is 5.95. The van der Waals surface area contributed by atoms with Crippen LogP contribution in [0.4, 0.5) is 0 Å². The molecule has 0 fully saturated rings. The van der Waals surface area contributed by atoms with Crippen molar-refractivity contribution >= 4 is 5.91 Å². The van der Waals surface area contributed by atoms with Crippen molar-refractivity contribution in [3.63, 3.8) is 0 Å². The summed E-state index contributed by atoms with van der Waals surface area (Å²) in [6.45, 7) is 10.9. The van der Waals surface area contributed by atoms with Crippen molar-refractivity contribution in [1.29, 1.82) is 0 Å². The quantitative estimate of drug-likeness (QED) is 0.876. The standard InChI is InChI=1S/C16H26N2O/c1-11-6-7-14(12(2)8-11)15(19)18-10-13(17)9-16(3,4)5/h6-8,13H,9-10,17H2,1-5H3,(H,18,19). The Balaban J connectivity index is 2.56. The maximum Gasteiger partial charge on any atom is 0.251 e. The number of rotatable bonds is 4. The molecule has 0 saturated heterocycles. The normalized spacial score (nSPS) is 13.2. The van der Waals surface area contributed by atoms with E-state index in [2.05, 4.69) is 26.1 Å². The molecule has 3 nitrogen and oxygen atoms in total. The van der Waals surface area contributed by atoms with E-state index in [1.54, 1.807) is 0 Å². The second kappa shape index (κ2) is 6.20. The number of nitrogens with one attached hydrogen (secondary N) is 1. The van der Waals surface area contributed by atoms with Gasteiger partial charge in [-0.1, -0.05) is 38.5 Å². The average Bonchev–Trinajstić information content (AvgIpc) is 2.23. The summed E-state index contributed by atoms with van der Waals surface area (Å²) in [7, 11) is 0. The Hall–Kier alpha value is -1.35. The molecule has 0 heterocycles. The van der Waals surface area contributed by atoms with Crippen LogP contribution in [0.1, 0.15) is 48.7 Å². The summed E-state index contributed by atoms with van der Waals surface area (Å²) >= 11 is 0. The number of amides is 1. The van der Waals surface area contributed by atoms with Gasteiger partial charge in [-0.05, 0) is 37.3 Å². The second-order valence-corrected chi connectivity index (χ2v) is 6.55. The molecule has 19 heavy (non-hydrogen) atoms. The van der Waals surface area contributed by atoms with E-state index in [9.17, 15) is 4.79 Å². The summed E-state index contributed by atoms with van der Waals surface area (Å²) in [5.74, 6) is -0.0399. The molecule has 0 aliphatic rings. The van der Waals surface area contributed by atoms with Gasteiger partial charge in [0.2, 0.25) is 0 Å². The molecule has 1 aromatic rings. The summed E-state index contributed by atoms with van der Waals surface area (Å²) in [5, 5.41) is 2.92. The molecule has 0 aromatic heterocycles. The maximum absolute atomic E-state index is 12.1. The number of carbonyl (C=O) groups excluding carboxylic acids is 1. The fraction of sp³-hybridized carbons (Fsp3) is 0.562. The topological polar surface area (TPSA) is 55.1 Å². The van der Waals surface area contributed by atoms with Gasteiger partial charge in [-0.25, -0.2) is 0 Å². The van der Waals surface area contributed by atoms with Gasteiger partial charge in [0.05, 0.1) is 0 Å². The molecular weight excluding hydrogens is 236 g/mol. The van der Waals surface area contributed by atoms with Crippen LogP contribution in [-0.4, -0.2) is 18.5 Å². The number of nitrogens with two attached hydrogens (primary N) is 1. The lowest BCUT2D eigenvalue weighted by Crippen LogP contribution is -2.39. The zero-order valence-electron chi connectivity index (χ0n) is 12.7. The highest BCUT2D eigenvalue weighted by Gasteiger charge is 2.17. The van der Waals surface area contributed by atoms with Crippen LogP contribution in [0, 0.1) is 19.3 Å². The molecule has 0 spiro atoms. The van der Waals surface area contributed by atoms with Crippen molar-refractivity contribution in [3.05, 3.63) is 34.9 Å². The highest BCUT2D eigenvalue weighted by Crippen LogP contribution is 2.19. The zero-order chi connectivity index (χ0) is 14.6. The molecule has 0 aliphatic carbocycles. The van der Waals surface area contributed by atoms with Crippen molar-refractivity contribution in [2.24, 2.45) is 11.1 Å². The molecule has 1 atom stereocenters. The van der Waals surface area contributed by atoms with Gasteiger partial charge in [0, 0.05) is 18.2 Å². The fourth-order valence-corrected chi connectivity index (χ4v) is 2.25. The van der Waals surface area contributed by atoms with Gasteiger partial charge in [0.15, 0.2) is 0 Å². The van der Waals surface area contributed by atoms with Gasteiger partial charge >= 0.3 is 0 Å². The summed E-state index contributed by atoms with van der Waals surface area (Å²) in [4.78, 5) is 12.1. The summed E-state index contributed by atoms with van der Waals surface area (Å²) in [6.07, 6.45) is 0.889. The van der Waals surface area contributed by atoms with Gasteiger partial charge in [-0.3, -0.25) is 4.79 Å². The van der Waals surface area contributed by atoms with Crippen LogP contribution in [0.3, 0.4) is 0 Å². The monoisotopic (exact) mass is 262 g/mol. The molecule has 0 radical (unpaired) electrons. The molecule has 3 heteroatoms. The minimum absolute atomic E-state index is 0.00490. The minimum atomic E-state index is -0.0399. The van der Waals surface area contributed by atoms with Crippen LogP contribution in [-0.2, 0) is 0 Å². The van der Waals surface area contributed by atoms with E-state index in [4.69, 9.17) is 5.73 Å². The molecule has 0 bridgehead atoms. The number of aryl methyl sites for hydroxylation is 2. The SMILES string of the molecule is Cc1ccc(C(=O)NCC(N)CC(C)(C)C)c(C)c1. The average molecular weight is 262 g/mol. The van der Waals surface area contributed by atoms with Crippen LogP contribution < -0.4 is 11.1 Å². The fourth-order valence-electron chi connectivity index (χ4n) is 2.25. The predicted molar refractivity (Wildman–Crippen MR) is 80.3 cm³/mol. The summed E-state index contributed by atoms with van der Waals surface area (Å²) < 4.78 is 0. The minimum Gasteiger partial charge on any atom is -0.350 e. The third-order valence-corrected chi connectivity index (χ3v) is 3.03. The largest absolute Gasteiger partial charge is 0.350 e. The van der Waals surface area contributed by atoms with Crippen molar-refractivity contribution in [2.45, 2.75) is 47.1 Å². The molecule has 3 N–H and O–H groups in total. The number of hydrogen-bond donors (Lipinski definition) is 2. The maximum atomic E-state index is 12.1. The molecular formula is C16H26N2O. The van der Waals surface area contributed by atoms with E-state index in [1.165, 1.54) is 5.56 Å². The zero-order valence-corrected chi connectivity index (χ0v) is 12.7.